The second-order valence-electron chi connectivity index (χ2n) is 14.7. The lowest BCUT2D eigenvalue weighted by Gasteiger charge is -2.71. The van der Waals surface area contributed by atoms with Gasteiger partial charge >= 0.3 is 5.97 Å². The predicted molar refractivity (Wildman–Crippen MR) is 134 cm³/mol. The zero-order valence-electron chi connectivity index (χ0n) is 22.6. The van der Waals surface area contributed by atoms with E-state index in [1.165, 1.54) is 5.57 Å². The smallest absolute Gasteiger partial charge is 0.310 e. The zero-order valence-corrected chi connectivity index (χ0v) is 22.6. The number of aliphatic hydroxyl groups excluding tert-OH is 1. The molecule has 0 aromatic rings. The number of carboxylic acids is 1. The number of aliphatic hydroxyl groups is 2. The first-order valence-electron chi connectivity index (χ1n) is 13.9. The van der Waals surface area contributed by atoms with E-state index in [-0.39, 0.29) is 39.6 Å². The molecule has 0 unspecified atom stereocenters. The van der Waals surface area contributed by atoms with Crippen LogP contribution < -0.4 is 0 Å². The van der Waals surface area contributed by atoms with Crippen molar-refractivity contribution in [3.05, 3.63) is 11.6 Å². The summed E-state index contributed by atoms with van der Waals surface area (Å²) in [4.78, 5) is 12.8. The van der Waals surface area contributed by atoms with Gasteiger partial charge in [0.2, 0.25) is 0 Å². The van der Waals surface area contributed by atoms with E-state index in [0.717, 1.165) is 44.9 Å². The highest BCUT2D eigenvalue weighted by Crippen LogP contribution is 2.76. The molecule has 4 saturated carbocycles. The maximum atomic E-state index is 12.8. The molecule has 3 N–H and O–H groups in total. The first-order chi connectivity index (χ1) is 15.6. The highest BCUT2D eigenvalue weighted by atomic mass is 16.4. The first-order valence-corrected chi connectivity index (χ1v) is 13.9. The highest BCUT2D eigenvalue weighted by molar-refractivity contribution is 5.77. The van der Waals surface area contributed by atoms with Crippen LogP contribution in [0, 0.1) is 50.7 Å². The second-order valence-corrected chi connectivity index (χ2v) is 14.7. The van der Waals surface area contributed by atoms with Gasteiger partial charge in [-0.05, 0) is 104 Å². The summed E-state index contributed by atoms with van der Waals surface area (Å²) in [5.74, 6) is 0.0848. The molecule has 4 nitrogen and oxygen atoms in total. The summed E-state index contributed by atoms with van der Waals surface area (Å²) >= 11 is 0. The van der Waals surface area contributed by atoms with Crippen LogP contribution in [0.2, 0.25) is 0 Å². The molecule has 0 radical (unpaired) electrons. The van der Waals surface area contributed by atoms with Crippen LogP contribution in [0.5, 0.6) is 0 Å². The Balaban J connectivity index is 1.64. The van der Waals surface area contributed by atoms with Crippen LogP contribution in [-0.2, 0) is 4.79 Å². The minimum atomic E-state index is -1.01. The van der Waals surface area contributed by atoms with Crippen molar-refractivity contribution in [2.24, 2.45) is 50.7 Å². The molecule has 10 atom stereocenters. The average Bonchev–Trinajstić information content (AvgIpc) is 2.74. The lowest BCUT2D eigenvalue weighted by Crippen LogP contribution is -2.67. The van der Waals surface area contributed by atoms with Crippen LogP contribution in [0.25, 0.3) is 0 Å². The minimum Gasteiger partial charge on any atom is -0.481 e. The van der Waals surface area contributed by atoms with Crippen molar-refractivity contribution in [3.8, 4) is 0 Å². The molecule has 5 rings (SSSR count). The SMILES string of the molecule is C[C@H]1CC[C@]2(C(=O)O)CC[C@]3(C)C(=CC[C@@H]4[C@@]5(C)CC[C@H](O)C(C)(C)[C@H]5CC[C@]43C)[C@H]2[C@]1(C)O. The van der Waals surface area contributed by atoms with Gasteiger partial charge in [-0.25, -0.2) is 0 Å². The number of hydrogen-bond acceptors (Lipinski definition) is 3. The maximum absolute atomic E-state index is 12.8. The van der Waals surface area contributed by atoms with Gasteiger partial charge in [0.05, 0.1) is 17.1 Å². The molecule has 4 heteroatoms. The fourth-order valence-corrected chi connectivity index (χ4v) is 10.8. The van der Waals surface area contributed by atoms with Crippen molar-refractivity contribution in [3.63, 3.8) is 0 Å². The Morgan fingerprint density at radius 3 is 2.24 bits per heavy atom. The summed E-state index contributed by atoms with van der Waals surface area (Å²) in [5, 5.41) is 33.3. The number of rotatable bonds is 1. The predicted octanol–water partition coefficient (Wildman–Crippen LogP) is 6.20. The number of carbonyl (C=O) groups is 1. The Morgan fingerprint density at radius 2 is 1.59 bits per heavy atom. The monoisotopic (exact) mass is 472 g/mol. The van der Waals surface area contributed by atoms with Crippen molar-refractivity contribution in [2.75, 3.05) is 0 Å². The normalized spacial score (nSPS) is 56.3. The summed E-state index contributed by atoms with van der Waals surface area (Å²) < 4.78 is 0. The van der Waals surface area contributed by atoms with E-state index >= 15 is 0 Å². The van der Waals surface area contributed by atoms with Gasteiger partial charge < -0.3 is 15.3 Å². The maximum Gasteiger partial charge on any atom is 0.310 e. The Bertz CT molecular complexity index is 919. The van der Waals surface area contributed by atoms with E-state index in [9.17, 15) is 20.1 Å². The number of hydrogen-bond donors (Lipinski definition) is 3. The second kappa shape index (κ2) is 7.12. The molecule has 0 aliphatic heterocycles. The fourth-order valence-electron chi connectivity index (χ4n) is 10.8. The topological polar surface area (TPSA) is 77.8 Å². The number of fused-ring (bicyclic) bond motifs is 7. The molecule has 0 heterocycles. The summed E-state index contributed by atoms with van der Waals surface area (Å²) in [6.45, 7) is 16.0. The third-order valence-electron chi connectivity index (χ3n) is 13.5. The molecule has 5 aliphatic carbocycles. The molecule has 4 fully saturated rings. The van der Waals surface area contributed by atoms with Crippen LogP contribution in [0.15, 0.2) is 11.6 Å². The van der Waals surface area contributed by atoms with Gasteiger partial charge in [0.25, 0.3) is 0 Å². The van der Waals surface area contributed by atoms with E-state index in [2.05, 4.69) is 47.6 Å². The molecule has 0 spiro atoms. The minimum absolute atomic E-state index is 0.0716. The van der Waals surface area contributed by atoms with E-state index < -0.39 is 17.0 Å². The van der Waals surface area contributed by atoms with Crippen LogP contribution in [0.3, 0.4) is 0 Å². The van der Waals surface area contributed by atoms with Gasteiger partial charge in [-0.15, -0.1) is 0 Å². The summed E-state index contributed by atoms with van der Waals surface area (Å²) in [6.07, 6.45) is 10.3. The average molecular weight is 473 g/mol. The van der Waals surface area contributed by atoms with Gasteiger partial charge in [0, 0.05) is 5.92 Å². The number of allylic oxidation sites excluding steroid dienone is 1. The lowest BCUT2D eigenvalue weighted by atomic mass is 9.33. The Hall–Kier alpha value is -0.870. The van der Waals surface area contributed by atoms with Gasteiger partial charge in [-0.2, -0.15) is 0 Å². The Morgan fingerprint density at radius 1 is 0.912 bits per heavy atom. The molecule has 5 aliphatic rings. The van der Waals surface area contributed by atoms with E-state index in [1.807, 2.05) is 6.92 Å². The largest absolute Gasteiger partial charge is 0.481 e. The highest BCUT2D eigenvalue weighted by Gasteiger charge is 2.71. The van der Waals surface area contributed by atoms with Crippen LogP contribution in [0.4, 0.5) is 0 Å². The van der Waals surface area contributed by atoms with Gasteiger partial charge in [0.1, 0.15) is 0 Å². The quantitative estimate of drug-likeness (QED) is 0.397. The molecule has 34 heavy (non-hydrogen) atoms. The van der Waals surface area contributed by atoms with Crippen LogP contribution in [0.1, 0.15) is 106 Å². The molecule has 192 valence electrons. The third-order valence-corrected chi connectivity index (χ3v) is 13.5. The van der Waals surface area contributed by atoms with Gasteiger partial charge in [-0.3, -0.25) is 4.79 Å². The van der Waals surface area contributed by atoms with Gasteiger partial charge in [0.15, 0.2) is 0 Å². The Kier molecular flexibility index (Phi) is 5.20. The molecule has 0 saturated heterocycles. The summed E-state index contributed by atoms with van der Waals surface area (Å²) in [6, 6.07) is 0. The van der Waals surface area contributed by atoms with Crippen LogP contribution in [-0.4, -0.2) is 33.0 Å². The molecular weight excluding hydrogens is 424 g/mol. The molecule has 0 amide bonds. The van der Waals surface area contributed by atoms with E-state index in [0.29, 0.717) is 24.7 Å². The van der Waals surface area contributed by atoms with Crippen molar-refractivity contribution in [1.82, 2.24) is 0 Å². The molecule has 0 bridgehead atoms. The van der Waals surface area contributed by atoms with Crippen molar-refractivity contribution in [2.45, 2.75) is 118 Å². The van der Waals surface area contributed by atoms with Crippen molar-refractivity contribution >= 4 is 5.97 Å². The Labute approximate surface area is 206 Å². The lowest BCUT2D eigenvalue weighted by molar-refractivity contribution is -0.217. The molecule has 0 aromatic heterocycles. The zero-order chi connectivity index (χ0) is 25.1. The van der Waals surface area contributed by atoms with Crippen LogP contribution >= 0.6 is 0 Å². The number of carboxylic acid groups (broad SMARTS) is 1. The van der Waals surface area contributed by atoms with Gasteiger partial charge in [-0.1, -0.05) is 53.2 Å². The number of aliphatic carboxylic acids is 1. The molecule has 0 aromatic carbocycles. The fraction of sp³-hybridized carbons (Fsp3) is 0.900. The first kappa shape index (κ1) is 24.8. The summed E-state index contributed by atoms with van der Waals surface area (Å²) in [7, 11) is 0. The van der Waals surface area contributed by atoms with Crippen molar-refractivity contribution < 1.29 is 20.1 Å². The van der Waals surface area contributed by atoms with E-state index in [1.54, 1.807) is 0 Å². The van der Waals surface area contributed by atoms with E-state index in [4.69, 9.17) is 0 Å². The molecular formula is C30H48O4. The summed E-state index contributed by atoms with van der Waals surface area (Å²) in [5.41, 5.74) is -0.532. The standard InChI is InChI=1S/C30H48O4/c1-18-10-15-30(24(32)33)17-16-27(5)19(23(30)29(18,7)34)8-9-21-26(4)13-12-22(31)25(2,3)20(26)11-14-28(21,27)6/h8,18,20-23,31,34H,9-17H2,1-7H3,(H,32,33)/t18-,20+,21+,22-,23-,26-,27+,28+,29+,30-/m0/s1. The third kappa shape index (κ3) is 2.71. The van der Waals surface area contributed by atoms with Crippen molar-refractivity contribution in [1.29, 1.82) is 0 Å².